The smallest absolute Gasteiger partial charge is 0.234 e. The van der Waals surface area contributed by atoms with Crippen LogP contribution in [0, 0.1) is 0 Å². The lowest BCUT2D eigenvalue weighted by Crippen LogP contribution is -2.38. The lowest BCUT2D eigenvalue weighted by Gasteiger charge is -2.23. The van der Waals surface area contributed by atoms with Crippen molar-refractivity contribution in [2.45, 2.75) is 38.8 Å². The SMILES string of the molecule is CS(=O)(=O)Nc1ccn(CCNC(=O)CN2CCCCCCOc3ccccc3Oc3ncccc3C2)n1. The quantitative estimate of drug-likeness (QED) is 0.466. The van der Waals surface area contributed by atoms with Crippen molar-refractivity contribution < 1.29 is 22.7 Å². The van der Waals surface area contributed by atoms with Gasteiger partial charge in [-0.3, -0.25) is 19.1 Å². The third kappa shape index (κ3) is 8.73. The number of nitrogens with one attached hydrogen (secondary N) is 2. The molecule has 0 saturated carbocycles. The van der Waals surface area contributed by atoms with Gasteiger partial charge in [-0.2, -0.15) is 5.10 Å². The van der Waals surface area contributed by atoms with E-state index in [1.54, 1.807) is 23.1 Å². The minimum absolute atomic E-state index is 0.0992. The van der Waals surface area contributed by atoms with Crippen LogP contribution in [-0.4, -0.2) is 66.5 Å². The van der Waals surface area contributed by atoms with Gasteiger partial charge in [0.15, 0.2) is 17.3 Å². The number of rotatable bonds is 7. The fourth-order valence-corrected chi connectivity index (χ4v) is 4.61. The van der Waals surface area contributed by atoms with Gasteiger partial charge < -0.3 is 14.8 Å². The molecule has 0 aliphatic carbocycles. The monoisotopic (exact) mass is 542 g/mol. The maximum absolute atomic E-state index is 12.8. The Morgan fingerprint density at radius 2 is 1.87 bits per heavy atom. The highest BCUT2D eigenvalue weighted by molar-refractivity contribution is 7.92. The van der Waals surface area contributed by atoms with Crippen LogP contribution in [0.5, 0.6) is 17.4 Å². The summed E-state index contributed by atoms with van der Waals surface area (Å²) in [5.41, 5.74) is 0.884. The van der Waals surface area contributed by atoms with E-state index in [2.05, 4.69) is 25.0 Å². The van der Waals surface area contributed by atoms with E-state index in [1.165, 1.54) is 0 Å². The molecule has 1 aliphatic heterocycles. The van der Waals surface area contributed by atoms with E-state index < -0.39 is 10.0 Å². The second-order valence-electron chi connectivity index (χ2n) is 9.18. The van der Waals surface area contributed by atoms with Crippen molar-refractivity contribution in [2.24, 2.45) is 0 Å². The Hall–Kier alpha value is -3.64. The molecule has 0 atom stereocenters. The van der Waals surface area contributed by atoms with Crippen molar-refractivity contribution in [2.75, 3.05) is 37.2 Å². The molecule has 0 bridgehead atoms. The molecule has 3 aromatic rings. The number of nitrogens with zero attached hydrogens (tertiary/aromatic N) is 4. The fraction of sp³-hybridized carbons (Fsp3) is 0.423. The summed E-state index contributed by atoms with van der Waals surface area (Å²) in [5, 5.41) is 7.09. The third-order valence-electron chi connectivity index (χ3n) is 5.89. The number of ether oxygens (including phenoxy) is 2. The molecule has 0 spiro atoms. The number of benzene rings is 1. The van der Waals surface area contributed by atoms with Gasteiger partial charge in [0.2, 0.25) is 21.8 Å². The van der Waals surface area contributed by atoms with Crippen molar-refractivity contribution in [3.8, 4) is 17.4 Å². The molecule has 38 heavy (non-hydrogen) atoms. The summed E-state index contributed by atoms with van der Waals surface area (Å²) in [6, 6.07) is 13.0. The number of hydrogen-bond donors (Lipinski definition) is 2. The van der Waals surface area contributed by atoms with E-state index in [4.69, 9.17) is 9.47 Å². The molecule has 12 heteroatoms. The highest BCUT2D eigenvalue weighted by Crippen LogP contribution is 2.32. The Morgan fingerprint density at radius 3 is 2.71 bits per heavy atom. The van der Waals surface area contributed by atoms with E-state index in [9.17, 15) is 13.2 Å². The topological polar surface area (TPSA) is 128 Å². The van der Waals surface area contributed by atoms with Gasteiger partial charge >= 0.3 is 0 Å². The number of fused-ring (bicyclic) bond motifs is 2. The molecule has 0 fully saturated rings. The first-order valence-corrected chi connectivity index (χ1v) is 14.6. The highest BCUT2D eigenvalue weighted by Gasteiger charge is 2.17. The van der Waals surface area contributed by atoms with Gasteiger partial charge in [-0.05, 0) is 37.6 Å². The molecule has 1 aromatic carbocycles. The number of sulfonamides is 1. The second-order valence-corrected chi connectivity index (χ2v) is 10.9. The zero-order valence-corrected chi connectivity index (χ0v) is 22.3. The summed E-state index contributed by atoms with van der Waals surface area (Å²) < 4.78 is 38.7. The van der Waals surface area contributed by atoms with E-state index in [1.807, 2.05) is 36.4 Å². The number of amides is 1. The van der Waals surface area contributed by atoms with Crippen LogP contribution in [-0.2, 0) is 27.9 Å². The van der Waals surface area contributed by atoms with Crippen molar-refractivity contribution >= 4 is 21.7 Å². The zero-order valence-electron chi connectivity index (χ0n) is 21.5. The first kappa shape index (κ1) is 27.4. The predicted octanol–water partition coefficient (Wildman–Crippen LogP) is 3.01. The first-order valence-electron chi connectivity index (χ1n) is 12.7. The normalized spacial score (nSPS) is 15.2. The Balaban J connectivity index is 1.38. The molecule has 0 radical (unpaired) electrons. The number of hydrogen-bond acceptors (Lipinski definition) is 8. The maximum atomic E-state index is 12.8. The van der Waals surface area contributed by atoms with Gasteiger partial charge in [0.1, 0.15) is 0 Å². The molecule has 11 nitrogen and oxygen atoms in total. The van der Waals surface area contributed by atoms with Crippen molar-refractivity contribution in [3.63, 3.8) is 0 Å². The highest BCUT2D eigenvalue weighted by atomic mass is 32.2. The molecule has 204 valence electrons. The largest absolute Gasteiger partial charge is 0.490 e. The molecule has 2 N–H and O–H groups in total. The van der Waals surface area contributed by atoms with Crippen molar-refractivity contribution in [3.05, 3.63) is 60.4 Å². The van der Waals surface area contributed by atoms with E-state index in [0.717, 1.165) is 44.0 Å². The molecule has 3 heterocycles. The molecule has 0 saturated heterocycles. The molecule has 0 unspecified atom stereocenters. The number of anilines is 1. The van der Waals surface area contributed by atoms with E-state index >= 15 is 0 Å². The van der Waals surface area contributed by atoms with Gasteiger partial charge in [0, 0.05) is 37.1 Å². The number of pyridine rings is 1. The maximum Gasteiger partial charge on any atom is 0.234 e. The minimum atomic E-state index is -3.39. The van der Waals surface area contributed by atoms with Crippen LogP contribution in [0.3, 0.4) is 0 Å². The van der Waals surface area contributed by atoms with Crippen molar-refractivity contribution in [1.82, 2.24) is 25.0 Å². The Kier molecular flexibility index (Phi) is 9.55. The third-order valence-corrected chi connectivity index (χ3v) is 6.47. The predicted molar refractivity (Wildman–Crippen MR) is 144 cm³/mol. The summed E-state index contributed by atoms with van der Waals surface area (Å²) in [6.45, 7) is 2.90. The molecular weight excluding hydrogens is 508 g/mol. The van der Waals surface area contributed by atoms with Gasteiger partial charge in [-0.25, -0.2) is 13.4 Å². The first-order chi connectivity index (χ1) is 18.4. The lowest BCUT2D eigenvalue weighted by molar-refractivity contribution is -0.122. The number of aromatic nitrogens is 3. The average Bonchev–Trinajstić information content (AvgIpc) is 3.30. The average molecular weight is 543 g/mol. The zero-order chi connectivity index (χ0) is 26.8. The number of para-hydroxylation sites is 2. The van der Waals surface area contributed by atoms with Gasteiger partial charge in [0.25, 0.3) is 0 Å². The Bertz CT molecular complexity index is 1310. The summed E-state index contributed by atoms with van der Waals surface area (Å²) in [6.07, 6.45) is 8.41. The van der Waals surface area contributed by atoms with Crippen LogP contribution < -0.4 is 19.5 Å². The summed E-state index contributed by atoms with van der Waals surface area (Å²) >= 11 is 0. The van der Waals surface area contributed by atoms with Crippen molar-refractivity contribution in [1.29, 1.82) is 0 Å². The van der Waals surface area contributed by atoms with E-state index in [-0.39, 0.29) is 18.3 Å². The second kappa shape index (κ2) is 13.2. The fourth-order valence-electron chi connectivity index (χ4n) is 4.12. The molecule has 1 aliphatic rings. The summed E-state index contributed by atoms with van der Waals surface area (Å²) in [7, 11) is -3.39. The Morgan fingerprint density at radius 1 is 1.05 bits per heavy atom. The molecule has 4 rings (SSSR count). The van der Waals surface area contributed by atoms with Crippen LogP contribution in [0.25, 0.3) is 0 Å². The Labute approximate surface area is 223 Å². The minimum Gasteiger partial charge on any atom is -0.490 e. The summed E-state index contributed by atoms with van der Waals surface area (Å²) in [5.74, 6) is 1.94. The molecule has 1 amide bonds. The molecular formula is C26H34N6O5S. The van der Waals surface area contributed by atoms with Gasteiger partial charge in [0.05, 0.1) is 26.0 Å². The van der Waals surface area contributed by atoms with Gasteiger partial charge in [-0.1, -0.05) is 31.0 Å². The summed E-state index contributed by atoms with van der Waals surface area (Å²) in [4.78, 5) is 19.4. The lowest BCUT2D eigenvalue weighted by atomic mass is 10.1. The number of carbonyl (C=O) groups excluding carboxylic acids is 1. The standard InChI is InChI=1S/C26H34N6O5S/c1-38(34,35)30-24-12-16-32(29-24)17-14-27-25(33)20-31-15-6-2-3-7-18-36-22-10-4-5-11-23(22)37-26-21(19-31)9-8-13-28-26/h4-5,8-13,16H,2-3,6-7,14-15,17-20H2,1H3,(H,27,33)(H,29,30). The van der Waals surface area contributed by atoms with Crippen LogP contribution in [0.15, 0.2) is 54.9 Å². The molecule has 2 aromatic heterocycles. The van der Waals surface area contributed by atoms with Gasteiger partial charge in [-0.15, -0.1) is 0 Å². The van der Waals surface area contributed by atoms with Crippen LogP contribution in [0.4, 0.5) is 5.82 Å². The van der Waals surface area contributed by atoms with Crippen LogP contribution in [0.2, 0.25) is 0 Å². The van der Waals surface area contributed by atoms with Crippen LogP contribution in [0.1, 0.15) is 31.2 Å². The van der Waals surface area contributed by atoms with E-state index in [0.29, 0.717) is 43.6 Å². The number of carbonyl (C=O) groups is 1. The van der Waals surface area contributed by atoms with Crippen LogP contribution >= 0.6 is 0 Å².